The van der Waals surface area contributed by atoms with Gasteiger partial charge in [-0.2, -0.15) is 0 Å². The maximum Gasteiger partial charge on any atom is 0.227 e. The largest absolute Gasteiger partial charge is 0.394 e. The van der Waals surface area contributed by atoms with Crippen molar-refractivity contribution in [1.29, 1.82) is 0 Å². The Bertz CT molecular complexity index is 954. The van der Waals surface area contributed by atoms with Crippen LogP contribution in [-0.2, 0) is 19.1 Å². The molecular formula is C26H30N2O5. The highest BCUT2D eigenvalue weighted by Gasteiger charge is 2.31. The fraction of sp³-hybridized carbons (Fsp3) is 0.385. The smallest absolute Gasteiger partial charge is 0.227 e. The maximum atomic E-state index is 12.5. The molecule has 0 saturated carbocycles. The number of carbonyl (C=O) groups excluding carboxylic acids is 2. The highest BCUT2D eigenvalue weighted by atomic mass is 16.5. The molecule has 2 amide bonds. The standard InChI is InChI=1S/C26H30N2O5/c29-17-24-23(28-26(31)20-12-14-32-15-13-20)11-10-22(33-24)16-25(30)27-21-8-6-19(7-9-21)18-4-2-1-3-5-18/h1-11,20,22-24,29H,12-17H2,(H,27,30)(H,28,31)/t22-,23-,24+/m1/s1. The van der Waals surface area contributed by atoms with Gasteiger partial charge in [0.15, 0.2) is 0 Å². The predicted octanol–water partition coefficient (Wildman–Crippen LogP) is 2.91. The molecule has 33 heavy (non-hydrogen) atoms. The van der Waals surface area contributed by atoms with Crippen LogP contribution in [-0.4, -0.2) is 55.0 Å². The third-order valence-electron chi connectivity index (χ3n) is 6.03. The number of hydrogen-bond donors (Lipinski definition) is 3. The zero-order valence-corrected chi connectivity index (χ0v) is 18.5. The van der Waals surface area contributed by atoms with Crippen molar-refractivity contribution >= 4 is 17.5 Å². The highest BCUT2D eigenvalue weighted by Crippen LogP contribution is 2.22. The van der Waals surface area contributed by atoms with Crippen molar-refractivity contribution in [1.82, 2.24) is 5.32 Å². The first-order valence-electron chi connectivity index (χ1n) is 11.4. The van der Waals surface area contributed by atoms with E-state index < -0.39 is 18.2 Å². The number of nitrogens with one attached hydrogen (secondary N) is 2. The minimum Gasteiger partial charge on any atom is -0.394 e. The highest BCUT2D eigenvalue weighted by molar-refractivity contribution is 5.91. The Morgan fingerprint density at radius 2 is 1.64 bits per heavy atom. The molecule has 0 aliphatic carbocycles. The molecule has 2 aromatic rings. The molecular weight excluding hydrogens is 420 g/mol. The van der Waals surface area contributed by atoms with Crippen molar-refractivity contribution in [2.24, 2.45) is 5.92 Å². The Morgan fingerprint density at radius 3 is 2.33 bits per heavy atom. The van der Waals surface area contributed by atoms with E-state index in [2.05, 4.69) is 10.6 Å². The zero-order valence-electron chi connectivity index (χ0n) is 18.5. The van der Waals surface area contributed by atoms with E-state index in [9.17, 15) is 14.7 Å². The molecule has 2 aromatic carbocycles. The Morgan fingerprint density at radius 1 is 0.939 bits per heavy atom. The van der Waals surface area contributed by atoms with E-state index in [1.54, 1.807) is 6.08 Å². The minimum atomic E-state index is -0.596. The number of aliphatic hydroxyl groups is 1. The third kappa shape index (κ3) is 6.28. The number of amides is 2. The van der Waals surface area contributed by atoms with E-state index in [0.717, 1.165) is 11.1 Å². The molecule has 4 rings (SSSR count). The fourth-order valence-corrected chi connectivity index (χ4v) is 4.15. The van der Waals surface area contributed by atoms with Crippen LogP contribution in [0.1, 0.15) is 19.3 Å². The van der Waals surface area contributed by atoms with Crippen LogP contribution in [0.2, 0.25) is 0 Å². The van der Waals surface area contributed by atoms with E-state index in [0.29, 0.717) is 31.7 Å². The van der Waals surface area contributed by atoms with Gasteiger partial charge in [-0.3, -0.25) is 9.59 Å². The molecule has 0 aromatic heterocycles. The summed E-state index contributed by atoms with van der Waals surface area (Å²) in [5, 5.41) is 15.6. The van der Waals surface area contributed by atoms with Crippen molar-refractivity contribution in [3.8, 4) is 11.1 Å². The van der Waals surface area contributed by atoms with Crippen LogP contribution in [0, 0.1) is 5.92 Å². The second-order valence-corrected chi connectivity index (χ2v) is 8.40. The molecule has 0 radical (unpaired) electrons. The Balaban J connectivity index is 1.29. The summed E-state index contributed by atoms with van der Waals surface area (Å²) in [6.07, 6.45) is 4.04. The van der Waals surface area contributed by atoms with Gasteiger partial charge in [0.2, 0.25) is 11.8 Å². The topological polar surface area (TPSA) is 96.9 Å². The van der Waals surface area contributed by atoms with Gasteiger partial charge in [0.25, 0.3) is 0 Å². The number of anilines is 1. The number of hydrogen-bond acceptors (Lipinski definition) is 5. The number of rotatable bonds is 7. The molecule has 3 N–H and O–H groups in total. The van der Waals surface area contributed by atoms with Crippen molar-refractivity contribution in [3.63, 3.8) is 0 Å². The van der Waals surface area contributed by atoms with Crippen LogP contribution < -0.4 is 10.6 Å². The van der Waals surface area contributed by atoms with Crippen LogP contribution in [0.5, 0.6) is 0 Å². The number of benzene rings is 2. The first-order chi connectivity index (χ1) is 16.1. The Kier molecular flexibility index (Phi) is 7.88. The van der Waals surface area contributed by atoms with Gasteiger partial charge in [-0.05, 0) is 36.1 Å². The molecule has 174 valence electrons. The molecule has 2 heterocycles. The molecule has 0 spiro atoms. The van der Waals surface area contributed by atoms with Gasteiger partial charge in [-0.25, -0.2) is 0 Å². The molecule has 1 fully saturated rings. The monoisotopic (exact) mass is 450 g/mol. The van der Waals surface area contributed by atoms with Crippen molar-refractivity contribution in [3.05, 3.63) is 66.7 Å². The van der Waals surface area contributed by atoms with E-state index in [1.165, 1.54) is 0 Å². The number of carbonyl (C=O) groups is 2. The molecule has 1 saturated heterocycles. The Hall–Kier alpha value is -3.00. The van der Waals surface area contributed by atoms with Crippen LogP contribution in [0.25, 0.3) is 11.1 Å². The number of ether oxygens (including phenoxy) is 2. The van der Waals surface area contributed by atoms with E-state index in [1.807, 2.05) is 60.7 Å². The van der Waals surface area contributed by atoms with E-state index in [-0.39, 0.29) is 30.8 Å². The molecule has 2 aliphatic heterocycles. The minimum absolute atomic E-state index is 0.0508. The van der Waals surface area contributed by atoms with Gasteiger partial charge in [0, 0.05) is 24.8 Å². The summed E-state index contributed by atoms with van der Waals surface area (Å²) in [5.74, 6) is -0.313. The average molecular weight is 451 g/mol. The van der Waals surface area contributed by atoms with Gasteiger partial charge in [-0.15, -0.1) is 0 Å². The zero-order chi connectivity index (χ0) is 23.0. The molecule has 7 nitrogen and oxygen atoms in total. The lowest BCUT2D eigenvalue weighted by molar-refractivity contribution is -0.131. The summed E-state index contributed by atoms with van der Waals surface area (Å²) in [6, 6.07) is 17.3. The van der Waals surface area contributed by atoms with Gasteiger partial charge in [-0.1, -0.05) is 54.6 Å². The quantitative estimate of drug-likeness (QED) is 0.564. The lowest BCUT2D eigenvalue weighted by Crippen LogP contribution is -2.50. The second kappa shape index (κ2) is 11.2. The van der Waals surface area contributed by atoms with Crippen LogP contribution in [0.3, 0.4) is 0 Å². The lowest BCUT2D eigenvalue weighted by atomic mass is 9.97. The van der Waals surface area contributed by atoms with Crippen LogP contribution in [0.15, 0.2) is 66.7 Å². The summed E-state index contributed by atoms with van der Waals surface area (Å²) < 4.78 is 11.2. The predicted molar refractivity (Wildman–Crippen MR) is 125 cm³/mol. The van der Waals surface area contributed by atoms with E-state index in [4.69, 9.17) is 9.47 Å². The molecule has 0 bridgehead atoms. The first-order valence-corrected chi connectivity index (χ1v) is 11.4. The Labute approximate surface area is 193 Å². The number of aliphatic hydroxyl groups excluding tert-OH is 1. The van der Waals surface area contributed by atoms with Gasteiger partial charge in [0.1, 0.15) is 6.10 Å². The fourth-order valence-electron chi connectivity index (χ4n) is 4.15. The average Bonchev–Trinajstić information content (AvgIpc) is 2.86. The maximum absolute atomic E-state index is 12.5. The van der Waals surface area contributed by atoms with Crippen LogP contribution in [0.4, 0.5) is 5.69 Å². The second-order valence-electron chi connectivity index (χ2n) is 8.40. The van der Waals surface area contributed by atoms with Gasteiger partial charge >= 0.3 is 0 Å². The molecule has 7 heteroatoms. The van der Waals surface area contributed by atoms with Gasteiger partial charge in [0.05, 0.1) is 25.2 Å². The summed E-state index contributed by atoms with van der Waals surface area (Å²) in [6.45, 7) is 0.928. The van der Waals surface area contributed by atoms with Gasteiger partial charge < -0.3 is 25.2 Å². The van der Waals surface area contributed by atoms with Crippen LogP contribution >= 0.6 is 0 Å². The third-order valence-corrected chi connectivity index (χ3v) is 6.03. The first kappa shape index (κ1) is 23.2. The summed E-state index contributed by atoms with van der Waals surface area (Å²) >= 11 is 0. The lowest BCUT2D eigenvalue weighted by Gasteiger charge is -2.33. The molecule has 2 aliphatic rings. The SMILES string of the molecule is O=C(C[C@H]1C=C[C@@H](NC(=O)C2CCOCC2)[C@H](CO)O1)Nc1ccc(-c2ccccc2)cc1. The summed E-state index contributed by atoms with van der Waals surface area (Å²) in [5.41, 5.74) is 2.90. The molecule has 3 atom stereocenters. The molecule has 0 unspecified atom stereocenters. The normalized spacial score (nSPS) is 23.1. The van der Waals surface area contributed by atoms with E-state index >= 15 is 0 Å². The summed E-state index contributed by atoms with van der Waals surface area (Å²) in [4.78, 5) is 25.0. The summed E-state index contributed by atoms with van der Waals surface area (Å²) in [7, 11) is 0. The van der Waals surface area contributed by atoms with Crippen molar-refractivity contribution in [2.45, 2.75) is 37.5 Å². The van der Waals surface area contributed by atoms with Crippen molar-refractivity contribution < 1.29 is 24.2 Å². The van der Waals surface area contributed by atoms with Crippen molar-refractivity contribution in [2.75, 3.05) is 25.1 Å².